The molecule has 28 heavy (non-hydrogen) atoms. The molecule has 0 aromatic carbocycles. The van der Waals surface area contributed by atoms with Crippen LogP contribution >= 0.6 is 11.6 Å². The molecule has 2 aliphatic heterocycles. The van der Waals surface area contributed by atoms with Gasteiger partial charge in [-0.1, -0.05) is 37.3 Å². The van der Waals surface area contributed by atoms with Crippen molar-refractivity contribution in [1.82, 2.24) is 9.88 Å². The molecule has 1 fully saturated rings. The van der Waals surface area contributed by atoms with Crippen molar-refractivity contribution in [2.75, 3.05) is 26.6 Å². The first kappa shape index (κ1) is 21.6. The second-order valence-electron chi connectivity index (χ2n) is 9.06. The highest BCUT2D eigenvalue weighted by molar-refractivity contribution is 6.76. The molecule has 2 aliphatic rings. The second-order valence-corrected chi connectivity index (χ2v) is 15.1. The van der Waals surface area contributed by atoms with Gasteiger partial charge in [0.05, 0.1) is 24.3 Å². The molecular weight excluding hydrogens is 406 g/mol. The van der Waals surface area contributed by atoms with Crippen molar-refractivity contribution in [2.45, 2.75) is 56.4 Å². The first-order valence-electron chi connectivity index (χ1n) is 9.43. The van der Waals surface area contributed by atoms with Gasteiger partial charge in [0.25, 0.3) is 0 Å². The Morgan fingerprint density at radius 3 is 2.57 bits per heavy atom. The number of nitrogens with zero attached hydrogens (tertiary/aromatic N) is 2. The Morgan fingerprint density at radius 2 is 2.04 bits per heavy atom. The topological polar surface area (TPSA) is 51.7 Å². The molecule has 0 aliphatic carbocycles. The molecule has 1 atom stereocenters. The van der Waals surface area contributed by atoms with Crippen LogP contribution in [0.3, 0.4) is 0 Å². The number of ether oxygens (including phenoxy) is 2. The lowest BCUT2D eigenvalue weighted by atomic mass is 9.69. The number of pyridine rings is 1. The van der Waals surface area contributed by atoms with Gasteiger partial charge < -0.3 is 14.4 Å². The molecule has 1 aromatic rings. The minimum Gasteiger partial charge on any atom is -0.376 e. The maximum Gasteiger partial charge on any atom is 0.240 e. The number of hydrogen-bond donors (Lipinski definition) is 0. The van der Waals surface area contributed by atoms with E-state index in [0.717, 1.165) is 11.6 Å². The predicted octanol–water partition coefficient (Wildman–Crippen LogP) is 4.03. The van der Waals surface area contributed by atoms with E-state index in [-0.39, 0.29) is 25.1 Å². The number of halogens is 3. The summed E-state index contributed by atoms with van der Waals surface area (Å²) < 4.78 is 38.1. The van der Waals surface area contributed by atoms with Gasteiger partial charge in [0.2, 0.25) is 12.3 Å². The lowest BCUT2D eigenvalue weighted by Gasteiger charge is -2.56. The van der Waals surface area contributed by atoms with Gasteiger partial charge in [0.15, 0.2) is 0 Å². The van der Waals surface area contributed by atoms with E-state index in [1.165, 1.54) is 6.92 Å². The highest BCUT2D eigenvalue weighted by atomic mass is 35.5. The average Bonchev–Trinajstić information content (AvgIpc) is 2.53. The number of alkyl halides is 2. The van der Waals surface area contributed by atoms with Gasteiger partial charge in [0, 0.05) is 26.7 Å². The summed E-state index contributed by atoms with van der Waals surface area (Å²) in [5.41, 5.74) is -1.14. The molecule has 0 radical (unpaired) electrons. The second kappa shape index (κ2) is 7.63. The lowest BCUT2D eigenvalue weighted by Crippen LogP contribution is -2.68. The van der Waals surface area contributed by atoms with E-state index in [9.17, 15) is 13.6 Å². The third-order valence-electron chi connectivity index (χ3n) is 5.58. The summed E-state index contributed by atoms with van der Waals surface area (Å²) in [5, 5.41) is 0.183. The third-order valence-corrected chi connectivity index (χ3v) is 7.49. The number of fused-ring (bicyclic) bond motifs is 2. The molecule has 5 nitrogen and oxygen atoms in total. The van der Waals surface area contributed by atoms with Crippen molar-refractivity contribution in [2.24, 2.45) is 0 Å². The minimum absolute atomic E-state index is 0.0492. The van der Waals surface area contributed by atoms with Crippen molar-refractivity contribution in [1.29, 1.82) is 0 Å². The van der Waals surface area contributed by atoms with E-state index in [2.05, 4.69) is 24.6 Å². The largest absolute Gasteiger partial charge is 0.376 e. The van der Waals surface area contributed by atoms with Gasteiger partial charge in [0.1, 0.15) is 17.4 Å². The number of rotatable bonds is 7. The first-order valence-corrected chi connectivity index (χ1v) is 13.5. The number of hydrogen-bond acceptors (Lipinski definition) is 4. The molecule has 1 aromatic heterocycles. The SMILES string of the molecule is CC1(CC(F)F)C(=O)N(COCC[Si](C)(C)C)C2(COC2)c2ccc(Cl)nc21. The molecule has 3 heterocycles. The molecule has 9 heteroatoms. The van der Waals surface area contributed by atoms with Crippen LogP contribution in [0.1, 0.15) is 24.6 Å². The van der Waals surface area contributed by atoms with E-state index in [1.807, 2.05) is 0 Å². The maximum absolute atomic E-state index is 13.4. The summed E-state index contributed by atoms with van der Waals surface area (Å²) in [7, 11) is -1.28. The Balaban J connectivity index is 1.96. The number of carbonyl (C=O) groups excluding carboxylic acids is 1. The van der Waals surface area contributed by atoms with E-state index >= 15 is 0 Å². The van der Waals surface area contributed by atoms with Crippen molar-refractivity contribution >= 4 is 25.6 Å². The molecule has 0 bridgehead atoms. The highest BCUT2D eigenvalue weighted by Crippen LogP contribution is 2.49. The number of amides is 1. The average molecular weight is 433 g/mol. The summed E-state index contributed by atoms with van der Waals surface area (Å²) in [5.74, 6) is -0.411. The summed E-state index contributed by atoms with van der Waals surface area (Å²) in [4.78, 5) is 19.3. The summed E-state index contributed by atoms with van der Waals surface area (Å²) in [6.45, 7) is 9.42. The normalized spacial score (nSPS) is 23.9. The van der Waals surface area contributed by atoms with E-state index in [1.54, 1.807) is 17.0 Å². The molecule has 1 amide bonds. The number of aromatic nitrogens is 1. The first-order chi connectivity index (χ1) is 13.0. The molecule has 0 saturated carbocycles. The molecule has 0 N–H and O–H groups in total. The minimum atomic E-state index is -2.65. The van der Waals surface area contributed by atoms with Crippen LogP contribution in [0.5, 0.6) is 0 Å². The predicted molar refractivity (Wildman–Crippen MR) is 106 cm³/mol. The monoisotopic (exact) mass is 432 g/mol. The molecule has 1 saturated heterocycles. The molecule has 156 valence electrons. The zero-order valence-corrected chi connectivity index (χ0v) is 18.5. The van der Waals surface area contributed by atoms with Gasteiger partial charge in [-0.2, -0.15) is 0 Å². The van der Waals surface area contributed by atoms with Crippen LogP contribution in [0.4, 0.5) is 8.78 Å². The van der Waals surface area contributed by atoms with Crippen molar-refractivity contribution in [3.05, 3.63) is 28.5 Å². The third kappa shape index (κ3) is 3.84. The van der Waals surface area contributed by atoms with Crippen LogP contribution in [0.2, 0.25) is 30.8 Å². The summed E-state index contributed by atoms with van der Waals surface area (Å²) in [6.07, 6.45) is -3.27. The number of carbonyl (C=O) groups is 1. The zero-order chi connectivity index (χ0) is 20.7. The fraction of sp³-hybridized carbons (Fsp3) is 0.684. The van der Waals surface area contributed by atoms with Crippen LogP contribution in [-0.4, -0.2) is 56.8 Å². The Bertz CT molecular complexity index is 755. The fourth-order valence-electron chi connectivity index (χ4n) is 3.79. The van der Waals surface area contributed by atoms with Crippen molar-refractivity contribution in [3.8, 4) is 0 Å². The summed E-state index contributed by atoms with van der Waals surface area (Å²) in [6, 6.07) is 4.36. The Hall–Kier alpha value is -1.09. The van der Waals surface area contributed by atoms with Crippen LogP contribution in [0, 0.1) is 0 Å². The van der Waals surface area contributed by atoms with Crippen molar-refractivity contribution in [3.63, 3.8) is 0 Å². The zero-order valence-electron chi connectivity index (χ0n) is 16.7. The van der Waals surface area contributed by atoms with Gasteiger partial charge >= 0.3 is 0 Å². The fourth-order valence-corrected chi connectivity index (χ4v) is 4.69. The van der Waals surface area contributed by atoms with Gasteiger partial charge in [-0.25, -0.2) is 13.8 Å². The van der Waals surface area contributed by atoms with Crippen LogP contribution in [0.15, 0.2) is 12.1 Å². The van der Waals surface area contributed by atoms with Gasteiger partial charge in [-0.15, -0.1) is 0 Å². The Labute approximate surface area is 170 Å². The van der Waals surface area contributed by atoms with Gasteiger partial charge in [-0.05, 0) is 19.0 Å². The van der Waals surface area contributed by atoms with E-state index in [4.69, 9.17) is 21.1 Å². The summed E-state index contributed by atoms with van der Waals surface area (Å²) >= 11 is 6.05. The van der Waals surface area contributed by atoms with Crippen LogP contribution in [-0.2, 0) is 25.2 Å². The molecule has 1 spiro atoms. The molecular formula is C19H27ClF2N2O3Si. The van der Waals surface area contributed by atoms with E-state index < -0.39 is 37.8 Å². The van der Waals surface area contributed by atoms with Crippen LogP contribution in [0.25, 0.3) is 0 Å². The van der Waals surface area contributed by atoms with Gasteiger partial charge in [-0.3, -0.25) is 4.79 Å². The molecule has 3 rings (SSSR count). The van der Waals surface area contributed by atoms with Crippen molar-refractivity contribution < 1.29 is 23.0 Å². The highest BCUT2D eigenvalue weighted by Gasteiger charge is 2.60. The maximum atomic E-state index is 13.4. The quantitative estimate of drug-likeness (QED) is 0.371. The standard InChI is InChI=1S/C19H27ClF2N2O3Si/c1-18(9-15(21)22)16-13(5-6-14(20)23-16)19(10-27-11-19)24(17(18)25)12-26-7-8-28(2,3)4/h5-6,15H,7-12H2,1-4H3. The lowest BCUT2D eigenvalue weighted by molar-refractivity contribution is -0.198. The van der Waals surface area contributed by atoms with E-state index in [0.29, 0.717) is 12.3 Å². The van der Waals surface area contributed by atoms with Crippen LogP contribution < -0.4 is 0 Å². The Morgan fingerprint density at radius 1 is 1.36 bits per heavy atom. The Kier molecular flexibility index (Phi) is 5.89. The smallest absolute Gasteiger partial charge is 0.240 e. The molecule has 1 unspecified atom stereocenters.